The number of hydrogen-bond acceptors (Lipinski definition) is 3. The second-order valence-electron chi connectivity index (χ2n) is 5.48. The van der Waals surface area contributed by atoms with Gasteiger partial charge in [-0.3, -0.25) is 9.59 Å². The second-order valence-corrected chi connectivity index (χ2v) is 6.40. The summed E-state index contributed by atoms with van der Waals surface area (Å²) in [7, 11) is 1.55. The number of ether oxygens (including phenoxy) is 1. The molecule has 0 radical (unpaired) electrons. The third-order valence-electron chi connectivity index (χ3n) is 3.59. The lowest BCUT2D eigenvalue weighted by atomic mass is 10.2. The summed E-state index contributed by atoms with van der Waals surface area (Å²) < 4.78 is 6.13. The molecule has 2 aromatic rings. The molecule has 2 rings (SSSR count). The number of carbonyl (C=O) groups excluding carboxylic acids is 2. The molecular weight excluding hydrogens is 384 g/mol. The summed E-state index contributed by atoms with van der Waals surface area (Å²) >= 11 is 3.35. The van der Waals surface area contributed by atoms with E-state index >= 15 is 0 Å². The fraction of sp³-hybridized carbons (Fsp3) is 0.263. The Bertz CT molecular complexity index is 732. The van der Waals surface area contributed by atoms with Crippen LogP contribution in [0.3, 0.4) is 0 Å². The van der Waals surface area contributed by atoms with Crippen molar-refractivity contribution >= 4 is 33.4 Å². The van der Waals surface area contributed by atoms with Crippen molar-refractivity contribution in [3.05, 3.63) is 58.6 Å². The first-order chi connectivity index (χ1) is 12.0. The number of nitrogens with zero attached hydrogens (tertiary/aromatic N) is 1. The van der Waals surface area contributed by atoms with Crippen LogP contribution in [0.15, 0.2) is 53.0 Å². The first-order valence-corrected chi connectivity index (χ1v) is 8.82. The molecule has 0 spiro atoms. The average molecular weight is 405 g/mol. The normalized spacial score (nSPS) is 10.2. The van der Waals surface area contributed by atoms with Crippen LogP contribution in [0.1, 0.15) is 23.7 Å². The maximum absolute atomic E-state index is 12.7. The lowest BCUT2D eigenvalue weighted by Gasteiger charge is -2.22. The van der Waals surface area contributed by atoms with Gasteiger partial charge >= 0.3 is 0 Å². The van der Waals surface area contributed by atoms with Crippen LogP contribution in [0.5, 0.6) is 5.75 Å². The number of carbonyl (C=O) groups is 2. The van der Waals surface area contributed by atoms with E-state index in [-0.39, 0.29) is 18.4 Å². The molecule has 25 heavy (non-hydrogen) atoms. The molecule has 0 aliphatic carbocycles. The summed E-state index contributed by atoms with van der Waals surface area (Å²) in [6.45, 7) is 2.47. The van der Waals surface area contributed by atoms with Crippen molar-refractivity contribution in [2.45, 2.75) is 13.3 Å². The zero-order valence-corrected chi connectivity index (χ0v) is 15.9. The SMILES string of the molecule is CCCN(CC(=O)Nc1ccccc1OC)C(=O)c1ccc(Br)cc1. The minimum atomic E-state index is -0.261. The molecule has 0 heterocycles. The Kier molecular flexibility index (Phi) is 7.01. The number of para-hydroxylation sites is 2. The molecule has 2 amide bonds. The Balaban J connectivity index is 2.08. The summed E-state index contributed by atoms with van der Waals surface area (Å²) in [6.07, 6.45) is 0.768. The number of hydrogen-bond donors (Lipinski definition) is 1. The fourth-order valence-corrected chi connectivity index (χ4v) is 2.67. The van der Waals surface area contributed by atoms with Crippen LogP contribution in [0.4, 0.5) is 5.69 Å². The highest BCUT2D eigenvalue weighted by atomic mass is 79.9. The Hall–Kier alpha value is -2.34. The van der Waals surface area contributed by atoms with Crippen molar-refractivity contribution in [3.8, 4) is 5.75 Å². The van der Waals surface area contributed by atoms with Gasteiger partial charge in [-0.2, -0.15) is 0 Å². The van der Waals surface area contributed by atoms with Gasteiger partial charge in [0.25, 0.3) is 5.91 Å². The van der Waals surface area contributed by atoms with E-state index in [1.165, 1.54) is 0 Å². The zero-order valence-electron chi connectivity index (χ0n) is 14.3. The van der Waals surface area contributed by atoms with Crippen LogP contribution < -0.4 is 10.1 Å². The molecule has 132 valence electrons. The Labute approximate surface area is 156 Å². The zero-order chi connectivity index (χ0) is 18.2. The Morgan fingerprint density at radius 3 is 2.44 bits per heavy atom. The molecule has 0 fully saturated rings. The van der Waals surface area contributed by atoms with E-state index in [1.807, 2.05) is 31.2 Å². The second kappa shape index (κ2) is 9.22. The predicted molar refractivity (Wildman–Crippen MR) is 102 cm³/mol. The minimum Gasteiger partial charge on any atom is -0.495 e. The summed E-state index contributed by atoms with van der Waals surface area (Å²) in [5.41, 5.74) is 1.14. The maximum atomic E-state index is 12.7. The maximum Gasteiger partial charge on any atom is 0.254 e. The first-order valence-electron chi connectivity index (χ1n) is 8.03. The predicted octanol–water partition coefficient (Wildman–Crippen LogP) is 3.95. The highest BCUT2D eigenvalue weighted by Crippen LogP contribution is 2.23. The van der Waals surface area contributed by atoms with E-state index in [9.17, 15) is 9.59 Å². The fourth-order valence-electron chi connectivity index (χ4n) is 2.41. The number of anilines is 1. The van der Waals surface area contributed by atoms with Gasteiger partial charge in [0.15, 0.2) is 0 Å². The molecule has 0 saturated carbocycles. The van der Waals surface area contributed by atoms with Crippen molar-refractivity contribution in [3.63, 3.8) is 0 Å². The monoisotopic (exact) mass is 404 g/mol. The lowest BCUT2D eigenvalue weighted by molar-refractivity contribution is -0.116. The van der Waals surface area contributed by atoms with Crippen LogP contribution in [0, 0.1) is 0 Å². The lowest BCUT2D eigenvalue weighted by Crippen LogP contribution is -2.38. The van der Waals surface area contributed by atoms with Crippen LogP contribution in [0.2, 0.25) is 0 Å². The molecular formula is C19H21BrN2O3. The Morgan fingerprint density at radius 1 is 1.12 bits per heavy atom. The molecule has 0 unspecified atom stereocenters. The van der Waals surface area contributed by atoms with Crippen LogP contribution in [-0.4, -0.2) is 36.9 Å². The van der Waals surface area contributed by atoms with Gasteiger partial charge in [0.05, 0.1) is 12.8 Å². The van der Waals surface area contributed by atoms with Crippen molar-refractivity contribution in [2.24, 2.45) is 0 Å². The van der Waals surface area contributed by atoms with Gasteiger partial charge in [-0.25, -0.2) is 0 Å². The highest BCUT2D eigenvalue weighted by molar-refractivity contribution is 9.10. The third-order valence-corrected chi connectivity index (χ3v) is 4.12. The van der Waals surface area contributed by atoms with Gasteiger partial charge in [-0.15, -0.1) is 0 Å². The van der Waals surface area contributed by atoms with Crippen LogP contribution in [0.25, 0.3) is 0 Å². The number of methoxy groups -OCH3 is 1. The van der Waals surface area contributed by atoms with Gasteiger partial charge in [-0.05, 0) is 42.8 Å². The molecule has 1 N–H and O–H groups in total. The summed E-state index contributed by atoms with van der Waals surface area (Å²) in [4.78, 5) is 26.6. The van der Waals surface area contributed by atoms with Gasteiger partial charge in [0.1, 0.15) is 12.3 Å². The summed E-state index contributed by atoms with van der Waals surface area (Å²) in [5.74, 6) is 0.157. The van der Waals surface area contributed by atoms with E-state index < -0.39 is 0 Å². The molecule has 6 heteroatoms. The van der Waals surface area contributed by atoms with Crippen molar-refractivity contribution in [1.29, 1.82) is 0 Å². The average Bonchev–Trinajstić information content (AvgIpc) is 2.62. The molecule has 5 nitrogen and oxygen atoms in total. The largest absolute Gasteiger partial charge is 0.495 e. The van der Waals surface area contributed by atoms with Gasteiger partial charge in [0, 0.05) is 16.6 Å². The molecule has 0 aliphatic rings. The van der Waals surface area contributed by atoms with Crippen molar-refractivity contribution < 1.29 is 14.3 Å². The van der Waals surface area contributed by atoms with E-state index in [4.69, 9.17) is 4.74 Å². The van der Waals surface area contributed by atoms with Crippen LogP contribution in [-0.2, 0) is 4.79 Å². The van der Waals surface area contributed by atoms with Crippen LogP contribution >= 0.6 is 15.9 Å². The van der Waals surface area contributed by atoms with Gasteiger partial charge in [-0.1, -0.05) is 35.0 Å². The number of amides is 2. The summed E-state index contributed by atoms with van der Waals surface area (Å²) in [6, 6.07) is 14.3. The smallest absolute Gasteiger partial charge is 0.254 e. The highest BCUT2D eigenvalue weighted by Gasteiger charge is 2.18. The standard InChI is InChI=1S/C19H21BrN2O3/c1-3-12-22(19(24)14-8-10-15(20)11-9-14)13-18(23)21-16-6-4-5-7-17(16)25-2/h4-11H,3,12-13H2,1-2H3,(H,21,23). The van der Waals surface area contributed by atoms with E-state index in [1.54, 1.807) is 36.3 Å². The molecule has 0 saturated heterocycles. The molecule has 0 bridgehead atoms. The van der Waals surface area contributed by atoms with E-state index in [2.05, 4.69) is 21.2 Å². The molecule has 2 aromatic carbocycles. The number of benzene rings is 2. The number of halogens is 1. The van der Waals surface area contributed by atoms with E-state index in [0.29, 0.717) is 23.5 Å². The Morgan fingerprint density at radius 2 is 1.80 bits per heavy atom. The molecule has 0 aliphatic heterocycles. The number of rotatable bonds is 7. The quantitative estimate of drug-likeness (QED) is 0.759. The van der Waals surface area contributed by atoms with Crippen molar-refractivity contribution in [2.75, 3.05) is 25.5 Å². The molecule has 0 atom stereocenters. The number of nitrogens with one attached hydrogen (secondary N) is 1. The molecule has 0 aromatic heterocycles. The summed E-state index contributed by atoms with van der Waals surface area (Å²) in [5, 5.41) is 2.80. The topological polar surface area (TPSA) is 58.6 Å². The van der Waals surface area contributed by atoms with Gasteiger partial charge in [0.2, 0.25) is 5.91 Å². The third kappa shape index (κ3) is 5.32. The van der Waals surface area contributed by atoms with E-state index in [0.717, 1.165) is 10.9 Å². The first kappa shape index (κ1) is 19.0. The van der Waals surface area contributed by atoms with Crippen molar-refractivity contribution in [1.82, 2.24) is 4.90 Å². The minimum absolute atomic E-state index is 0.0131. The van der Waals surface area contributed by atoms with Gasteiger partial charge < -0.3 is 15.0 Å².